The minimum Gasteiger partial charge on any atom is -0.481 e. The van der Waals surface area contributed by atoms with Gasteiger partial charge in [0.2, 0.25) is 6.41 Å². The zero-order valence-corrected chi connectivity index (χ0v) is 20.5. The molecule has 2 saturated heterocycles. The lowest BCUT2D eigenvalue weighted by molar-refractivity contribution is -0.295. The predicted octanol–water partition coefficient (Wildman–Crippen LogP) is -1.95. The molecule has 2 aliphatic heterocycles. The van der Waals surface area contributed by atoms with Gasteiger partial charge in [-0.1, -0.05) is 13.8 Å². The number of aliphatic hydroxyl groups excluding tert-OH is 3. The van der Waals surface area contributed by atoms with Crippen LogP contribution in [0, 0.1) is 0 Å². The molecule has 8 unspecified atom stereocenters. The van der Waals surface area contributed by atoms with Crippen molar-refractivity contribution in [1.82, 2.24) is 10.6 Å². The number of nitrogens with one attached hydrogen (secondary N) is 2. The van der Waals surface area contributed by atoms with E-state index < -0.39 is 54.6 Å². The second kappa shape index (κ2) is 16.3. The number of rotatable bonds is 8. The SMILES string of the molecule is CC(C)NC(C)CC(=O)O.CC1OC2OC(C(NC=O)C1=O)C(O)C(O)C2O.CSCCN. The fourth-order valence-corrected chi connectivity index (χ4v) is 3.44. The van der Waals surface area contributed by atoms with E-state index in [0.29, 0.717) is 12.5 Å². The topological polar surface area (TPSA) is 201 Å². The third kappa shape index (κ3) is 11.1. The molecule has 0 aliphatic carbocycles. The van der Waals surface area contributed by atoms with Crippen LogP contribution in [0.2, 0.25) is 0 Å². The van der Waals surface area contributed by atoms with Crippen molar-refractivity contribution >= 4 is 29.9 Å². The highest BCUT2D eigenvalue weighted by molar-refractivity contribution is 7.98. The fraction of sp³-hybridized carbons (Fsp3) is 0.850. The number of hydrogen-bond acceptors (Lipinski definition) is 11. The zero-order valence-electron chi connectivity index (χ0n) is 19.7. The van der Waals surface area contributed by atoms with Gasteiger partial charge in [-0.3, -0.25) is 14.4 Å². The Balaban J connectivity index is 0.000000576. The summed E-state index contributed by atoms with van der Waals surface area (Å²) < 4.78 is 10.4. The average Bonchev–Trinajstić information content (AvgIpc) is 2.83. The Hall–Kier alpha value is -1.32. The molecule has 8 atom stereocenters. The molecule has 13 heteroatoms. The number of carbonyl (C=O) groups is 3. The molecule has 12 nitrogen and oxygen atoms in total. The van der Waals surface area contributed by atoms with Gasteiger partial charge in [-0.15, -0.1) is 0 Å². The first-order valence-electron chi connectivity index (χ1n) is 10.7. The number of aliphatic hydroxyl groups is 3. The first-order valence-corrected chi connectivity index (χ1v) is 12.1. The standard InChI is InChI=1S/C10H15NO7.C7H15NO2.C3H9NS/c1-3-5(13)4(11-2-12)9-7(15)6(14)8(16)10(17-3)18-9;1-5(2)8-6(3)4-7(9)10;1-5-3-2-4/h2-4,6-10,14-16H,1H3,(H,11,12);5-6,8H,4H2,1-3H3,(H,9,10);2-4H2,1H3. The summed E-state index contributed by atoms with van der Waals surface area (Å²) >= 11 is 1.78. The molecule has 0 aromatic carbocycles. The average molecular weight is 498 g/mol. The summed E-state index contributed by atoms with van der Waals surface area (Å²) in [5.41, 5.74) is 5.12. The van der Waals surface area contributed by atoms with Gasteiger partial charge < -0.3 is 46.3 Å². The van der Waals surface area contributed by atoms with Crippen LogP contribution in [0.25, 0.3) is 0 Å². The quantitative estimate of drug-likeness (QED) is 0.183. The lowest BCUT2D eigenvalue weighted by atomic mass is 9.92. The van der Waals surface area contributed by atoms with Gasteiger partial charge >= 0.3 is 5.97 Å². The molecule has 0 aromatic rings. The Kier molecular flexibility index (Phi) is 15.7. The number of thioether (sulfide) groups is 1. The second-order valence-electron chi connectivity index (χ2n) is 7.99. The molecule has 0 spiro atoms. The maximum Gasteiger partial charge on any atom is 0.304 e. The van der Waals surface area contributed by atoms with Crippen molar-refractivity contribution in [2.24, 2.45) is 5.73 Å². The number of ether oxygens (including phenoxy) is 2. The normalized spacial score (nSPS) is 31.8. The van der Waals surface area contributed by atoms with Gasteiger partial charge in [-0.05, 0) is 20.1 Å². The van der Waals surface area contributed by atoms with Gasteiger partial charge in [0, 0.05) is 24.4 Å². The Morgan fingerprint density at radius 3 is 2.21 bits per heavy atom. The van der Waals surface area contributed by atoms with Gasteiger partial charge in [0.15, 0.2) is 12.1 Å². The van der Waals surface area contributed by atoms with E-state index in [1.807, 2.05) is 27.0 Å². The van der Waals surface area contributed by atoms with E-state index >= 15 is 0 Å². The second-order valence-corrected chi connectivity index (χ2v) is 8.97. The van der Waals surface area contributed by atoms with Crippen LogP contribution in [0.5, 0.6) is 0 Å². The van der Waals surface area contributed by atoms with Crippen molar-refractivity contribution in [2.45, 2.75) is 89.1 Å². The molecule has 194 valence electrons. The largest absolute Gasteiger partial charge is 0.481 e. The van der Waals surface area contributed by atoms with E-state index in [0.717, 1.165) is 12.3 Å². The minimum absolute atomic E-state index is 0.0671. The van der Waals surface area contributed by atoms with Crippen LogP contribution < -0.4 is 16.4 Å². The first kappa shape index (κ1) is 31.7. The van der Waals surface area contributed by atoms with Crippen LogP contribution in [0.15, 0.2) is 0 Å². The maximum absolute atomic E-state index is 11.9. The smallest absolute Gasteiger partial charge is 0.304 e. The number of fused-ring (bicyclic) bond motifs is 2. The number of hydrogen-bond donors (Lipinski definition) is 7. The third-order valence-electron chi connectivity index (χ3n) is 4.65. The maximum atomic E-state index is 11.9. The Morgan fingerprint density at radius 2 is 1.79 bits per heavy atom. The van der Waals surface area contributed by atoms with E-state index in [2.05, 4.69) is 10.6 Å². The highest BCUT2D eigenvalue weighted by Crippen LogP contribution is 2.28. The van der Waals surface area contributed by atoms with Crippen molar-refractivity contribution < 1.29 is 44.3 Å². The van der Waals surface area contributed by atoms with Crippen LogP contribution in [-0.2, 0) is 23.9 Å². The summed E-state index contributed by atoms with van der Waals surface area (Å²) in [5, 5.41) is 42.8. The Labute approximate surface area is 198 Å². The van der Waals surface area contributed by atoms with Crippen molar-refractivity contribution in [2.75, 3.05) is 18.6 Å². The minimum atomic E-state index is -1.51. The highest BCUT2D eigenvalue weighted by Gasteiger charge is 2.52. The lowest BCUT2D eigenvalue weighted by Crippen LogP contribution is -2.62. The number of carboxylic acids is 1. The summed E-state index contributed by atoms with van der Waals surface area (Å²) in [7, 11) is 0. The molecule has 8 N–H and O–H groups in total. The fourth-order valence-electron chi connectivity index (χ4n) is 3.20. The molecule has 0 radical (unpaired) electrons. The monoisotopic (exact) mass is 497 g/mol. The van der Waals surface area contributed by atoms with E-state index in [9.17, 15) is 29.7 Å². The first-order chi connectivity index (χ1) is 15.4. The number of aliphatic carboxylic acids is 1. The molecule has 2 fully saturated rings. The van der Waals surface area contributed by atoms with Crippen molar-refractivity contribution in [3.8, 4) is 0 Å². The van der Waals surface area contributed by atoms with Gasteiger partial charge in [-0.25, -0.2) is 0 Å². The number of Topliss-reactive ketones (excluding diaryl/α,β-unsaturated/α-hetero) is 1. The molecule has 2 rings (SSSR count). The Bertz CT molecular complexity index is 597. The molecule has 0 aromatic heterocycles. The number of ketones is 1. The van der Waals surface area contributed by atoms with Crippen LogP contribution >= 0.6 is 11.8 Å². The van der Waals surface area contributed by atoms with Crippen LogP contribution in [0.4, 0.5) is 0 Å². The molecule has 2 heterocycles. The van der Waals surface area contributed by atoms with Gasteiger partial charge in [0.25, 0.3) is 0 Å². The summed E-state index contributed by atoms with van der Waals surface area (Å²) in [6.45, 7) is 8.11. The van der Waals surface area contributed by atoms with Gasteiger partial charge in [0.05, 0.1) is 6.42 Å². The zero-order chi connectivity index (χ0) is 25.7. The molecule has 0 saturated carbocycles. The molecule has 2 bridgehead atoms. The molecule has 1 amide bonds. The van der Waals surface area contributed by atoms with E-state index in [-0.39, 0.29) is 12.5 Å². The van der Waals surface area contributed by atoms with Crippen LogP contribution in [-0.4, -0.2) is 112 Å². The predicted molar refractivity (Wildman–Crippen MR) is 123 cm³/mol. The van der Waals surface area contributed by atoms with Crippen molar-refractivity contribution in [3.05, 3.63) is 0 Å². The molecular formula is C20H39N3O9S. The number of amides is 1. The van der Waals surface area contributed by atoms with E-state index in [1.165, 1.54) is 6.92 Å². The van der Waals surface area contributed by atoms with Crippen LogP contribution in [0.1, 0.15) is 34.1 Å². The summed E-state index contributed by atoms with van der Waals surface area (Å²) in [6, 6.07) is -0.702. The summed E-state index contributed by atoms with van der Waals surface area (Å²) in [4.78, 5) is 32.6. The van der Waals surface area contributed by atoms with Gasteiger partial charge in [0.1, 0.15) is 36.6 Å². The summed E-state index contributed by atoms with van der Waals surface area (Å²) in [5.74, 6) is -0.157. The van der Waals surface area contributed by atoms with Gasteiger partial charge in [-0.2, -0.15) is 11.8 Å². The Morgan fingerprint density at radius 1 is 1.18 bits per heavy atom. The highest BCUT2D eigenvalue weighted by atomic mass is 32.2. The number of carboxylic acid groups (broad SMARTS) is 1. The lowest BCUT2D eigenvalue weighted by Gasteiger charge is -2.40. The third-order valence-corrected chi connectivity index (χ3v) is 5.29. The van der Waals surface area contributed by atoms with E-state index in [4.69, 9.17) is 20.3 Å². The summed E-state index contributed by atoms with van der Waals surface area (Å²) in [6.07, 6.45) is -5.21. The van der Waals surface area contributed by atoms with Crippen LogP contribution in [0.3, 0.4) is 0 Å². The van der Waals surface area contributed by atoms with Crippen molar-refractivity contribution in [1.29, 1.82) is 0 Å². The molecule has 2 aliphatic rings. The van der Waals surface area contributed by atoms with E-state index in [1.54, 1.807) is 11.8 Å². The number of nitrogens with two attached hydrogens (primary N) is 1. The molecule has 33 heavy (non-hydrogen) atoms. The molecular weight excluding hydrogens is 458 g/mol. The number of carbonyl (C=O) groups excluding carboxylic acids is 2. The van der Waals surface area contributed by atoms with Crippen molar-refractivity contribution in [3.63, 3.8) is 0 Å².